The van der Waals surface area contributed by atoms with Crippen LogP contribution >= 0.6 is 34.9 Å². The molecule has 1 unspecified atom stereocenters. The van der Waals surface area contributed by atoms with Crippen molar-refractivity contribution < 1.29 is 44.4 Å². The van der Waals surface area contributed by atoms with Gasteiger partial charge in [0.15, 0.2) is 39.1 Å². The first-order valence-electron chi connectivity index (χ1n) is 13.0. The number of carboxylic acids is 2. The number of phenolic OH excluding ortho intramolecular Hbond substituents is 2. The van der Waals surface area contributed by atoms with Crippen molar-refractivity contribution in [3.63, 3.8) is 0 Å². The second-order valence-electron chi connectivity index (χ2n) is 9.68. The zero-order valence-electron chi connectivity index (χ0n) is 23.6. The Morgan fingerprint density at radius 2 is 1.81 bits per heavy atom. The Balaban J connectivity index is 1.35. The average molecular weight is 705 g/mol. The number of nitrogens with zero attached hydrogens (tertiary/aromatic N) is 5. The number of carbonyl (C=O) groups is 4. The summed E-state index contributed by atoms with van der Waals surface area (Å²) in [6.45, 7) is 0. The quantitative estimate of drug-likeness (QED) is 0.0310. The van der Waals surface area contributed by atoms with Crippen LogP contribution in [0.5, 0.6) is 11.5 Å². The number of rotatable bonds is 11. The fourth-order valence-electron chi connectivity index (χ4n) is 4.36. The number of benzene rings is 1. The number of nitrogens with one attached hydrogen (secondary N) is 1. The van der Waals surface area contributed by atoms with Gasteiger partial charge in [-0.15, -0.1) is 23.1 Å². The maximum atomic E-state index is 13.4. The maximum absolute atomic E-state index is 13.4. The third-order valence-electron chi connectivity index (χ3n) is 6.65. The molecule has 246 valence electrons. The van der Waals surface area contributed by atoms with Crippen LogP contribution in [-0.2, 0) is 24.0 Å². The first-order chi connectivity index (χ1) is 22.3. The van der Waals surface area contributed by atoms with Crippen molar-refractivity contribution in [3.05, 3.63) is 46.1 Å². The molecule has 3 aromatic rings. The van der Waals surface area contributed by atoms with Gasteiger partial charge in [-0.3, -0.25) is 14.5 Å². The molecule has 47 heavy (non-hydrogen) atoms. The molecule has 0 bridgehead atoms. The fourth-order valence-corrected chi connectivity index (χ4v) is 7.25. The van der Waals surface area contributed by atoms with Gasteiger partial charge in [0.05, 0.1) is 0 Å². The molecule has 4 heterocycles. The minimum Gasteiger partial charge on any atom is -0.504 e. The lowest BCUT2D eigenvalue weighted by Crippen LogP contribution is -2.71. The summed E-state index contributed by atoms with van der Waals surface area (Å²) < 4.78 is 0. The number of carboxylic acid groups (broad SMARTS) is 2. The van der Waals surface area contributed by atoms with Crippen molar-refractivity contribution in [2.75, 3.05) is 34.4 Å². The van der Waals surface area contributed by atoms with E-state index >= 15 is 0 Å². The van der Waals surface area contributed by atoms with Crippen LogP contribution in [-0.4, -0.2) is 92.7 Å². The van der Waals surface area contributed by atoms with E-state index < -0.39 is 58.5 Å². The number of hydrogen-bond acceptors (Lipinski definition) is 18. The van der Waals surface area contributed by atoms with Crippen molar-refractivity contribution in [1.29, 1.82) is 0 Å². The van der Waals surface area contributed by atoms with E-state index in [1.165, 1.54) is 23.2 Å². The normalized spacial score (nSPS) is 18.3. The number of thioether (sulfide) groups is 2. The number of thiazole rings is 1. The molecule has 1 saturated heterocycles. The Morgan fingerprint density at radius 1 is 1.11 bits per heavy atom. The molecule has 2 aliphatic rings. The predicted molar refractivity (Wildman–Crippen MR) is 170 cm³/mol. The van der Waals surface area contributed by atoms with Gasteiger partial charge in [0.25, 0.3) is 11.8 Å². The second-order valence-corrected chi connectivity index (χ2v) is 12.6. The third kappa shape index (κ3) is 6.59. The number of oxime groups is 1. The minimum absolute atomic E-state index is 0.0208. The van der Waals surface area contributed by atoms with Gasteiger partial charge in [0.2, 0.25) is 6.10 Å². The molecule has 0 aliphatic carbocycles. The highest BCUT2D eigenvalue weighted by atomic mass is 32.2. The number of β-lactam (4-membered cyclic amide) rings is 1. The number of phenols is 2. The summed E-state index contributed by atoms with van der Waals surface area (Å²) in [5, 5.41) is 46.0. The van der Waals surface area contributed by atoms with Gasteiger partial charge in [-0.05, 0) is 17.7 Å². The van der Waals surface area contributed by atoms with E-state index in [1.54, 1.807) is 0 Å². The summed E-state index contributed by atoms with van der Waals surface area (Å²) in [4.78, 5) is 69.2. The Morgan fingerprint density at radius 3 is 2.40 bits per heavy atom. The molecule has 2 amide bonds. The summed E-state index contributed by atoms with van der Waals surface area (Å²) in [5.74, 6) is -5.57. The number of aliphatic carboxylic acids is 2. The van der Waals surface area contributed by atoms with Gasteiger partial charge in [-0.2, -0.15) is 0 Å². The standard InChI is InChI=1S/C25H24N10O9S3/c26-12-17(27)32-25(33-18(12)28)47-5-8-4-45-21-14(20(39)35(21)15(8)22(40)41)31-19(38)13(9-6-46-24(29)30-9)34-44-16(23(42)43)7-1-2-10(36)11(37)3-7/h1-3,6,14,16,21,36-37H,4-5,26H2,(H2,29,30)(H,31,38)(H,40,41)(H,42,43)(H4,27,28,32,33)/b34-13-/t14?,16-,21+/m1/s1. The Kier molecular flexibility index (Phi) is 9.17. The van der Waals surface area contributed by atoms with Crippen molar-refractivity contribution in [1.82, 2.24) is 25.2 Å². The summed E-state index contributed by atoms with van der Waals surface area (Å²) in [6, 6.07) is 1.96. The Hall–Kier alpha value is -5.48. The molecule has 2 aliphatic heterocycles. The molecule has 0 spiro atoms. The summed E-state index contributed by atoms with van der Waals surface area (Å²) in [7, 11) is 0. The molecular formula is C25H24N10O9S3. The smallest absolute Gasteiger partial charge is 0.352 e. The molecule has 1 aromatic carbocycles. The van der Waals surface area contributed by atoms with E-state index in [0.717, 1.165) is 40.1 Å². The SMILES string of the molecule is Nc1nc(/C(=N/O[C@@H](C(=O)O)c2ccc(O)c(O)c2)C(=O)NC2C(=O)N3C(C(=O)O)=C(CSc4nc(N)c(N)c(N)n4)CS[C@@H]23)cs1. The molecule has 3 atom stereocenters. The maximum Gasteiger partial charge on any atom is 0.352 e. The van der Waals surface area contributed by atoms with E-state index in [4.69, 9.17) is 27.8 Å². The van der Waals surface area contributed by atoms with Crippen molar-refractivity contribution in [2.24, 2.45) is 5.16 Å². The number of carbonyl (C=O) groups excluding carboxylic acids is 2. The van der Waals surface area contributed by atoms with Crippen LogP contribution in [0.2, 0.25) is 0 Å². The lowest BCUT2D eigenvalue weighted by atomic mass is 10.0. The summed E-state index contributed by atoms with van der Waals surface area (Å²) in [6.07, 6.45) is -1.83. The molecule has 1 fully saturated rings. The number of aromatic nitrogens is 3. The summed E-state index contributed by atoms with van der Waals surface area (Å²) >= 11 is 3.19. The van der Waals surface area contributed by atoms with Crippen LogP contribution in [0.1, 0.15) is 17.4 Å². The first-order valence-corrected chi connectivity index (χ1v) is 15.9. The van der Waals surface area contributed by atoms with E-state index in [2.05, 4.69) is 25.4 Å². The zero-order chi connectivity index (χ0) is 34.2. The van der Waals surface area contributed by atoms with E-state index in [-0.39, 0.29) is 56.1 Å². The van der Waals surface area contributed by atoms with E-state index in [0.29, 0.717) is 5.57 Å². The van der Waals surface area contributed by atoms with Crippen molar-refractivity contribution in [3.8, 4) is 11.5 Å². The molecule has 22 heteroatoms. The number of nitrogen functional groups attached to an aromatic ring is 4. The monoisotopic (exact) mass is 704 g/mol. The number of hydrogen-bond donors (Lipinski definition) is 9. The first kappa shape index (κ1) is 32.9. The van der Waals surface area contributed by atoms with Crippen LogP contribution in [0.3, 0.4) is 0 Å². The second kappa shape index (κ2) is 13.1. The van der Waals surface area contributed by atoms with Crippen LogP contribution in [0.25, 0.3) is 0 Å². The van der Waals surface area contributed by atoms with Gasteiger partial charge < -0.3 is 53.5 Å². The number of aromatic hydroxyl groups is 2. The molecule has 0 radical (unpaired) electrons. The lowest BCUT2D eigenvalue weighted by molar-refractivity contribution is -0.151. The predicted octanol–water partition coefficient (Wildman–Crippen LogP) is -0.249. The highest BCUT2D eigenvalue weighted by molar-refractivity contribution is 8.01. The molecular weight excluding hydrogens is 681 g/mol. The number of anilines is 4. The van der Waals surface area contributed by atoms with E-state index in [1.807, 2.05) is 0 Å². The van der Waals surface area contributed by atoms with Gasteiger partial charge >= 0.3 is 11.9 Å². The van der Waals surface area contributed by atoms with Crippen LogP contribution in [0.15, 0.2) is 45.2 Å². The topological polar surface area (TPSA) is 329 Å². The third-order valence-corrected chi connectivity index (χ3v) is 9.60. The van der Waals surface area contributed by atoms with Crippen molar-refractivity contribution >= 4 is 86.8 Å². The van der Waals surface area contributed by atoms with Crippen LogP contribution in [0.4, 0.5) is 22.5 Å². The molecule has 19 nitrogen and oxygen atoms in total. The molecule has 2 aromatic heterocycles. The highest BCUT2D eigenvalue weighted by Crippen LogP contribution is 2.41. The highest BCUT2D eigenvalue weighted by Gasteiger charge is 2.54. The van der Waals surface area contributed by atoms with Gasteiger partial charge in [0.1, 0.15) is 28.5 Å². The van der Waals surface area contributed by atoms with Gasteiger partial charge in [-0.25, -0.2) is 24.5 Å². The minimum atomic E-state index is -1.83. The zero-order valence-corrected chi connectivity index (χ0v) is 26.0. The molecule has 5 rings (SSSR count). The van der Waals surface area contributed by atoms with Gasteiger partial charge in [0, 0.05) is 22.4 Å². The number of amides is 2. The summed E-state index contributed by atoms with van der Waals surface area (Å²) in [5.41, 5.74) is 22.2. The number of nitrogens with two attached hydrogens (primary N) is 4. The molecule has 0 saturated carbocycles. The van der Waals surface area contributed by atoms with Crippen LogP contribution in [0, 0.1) is 0 Å². The lowest BCUT2D eigenvalue weighted by Gasteiger charge is -2.49. The fraction of sp³-hybridized carbons (Fsp3) is 0.200. The van der Waals surface area contributed by atoms with Gasteiger partial charge in [-0.1, -0.05) is 23.0 Å². The largest absolute Gasteiger partial charge is 0.504 e. The average Bonchev–Trinajstić information content (AvgIpc) is 3.45. The molecule has 13 N–H and O–H groups in total. The van der Waals surface area contributed by atoms with Crippen molar-refractivity contribution in [2.45, 2.75) is 22.7 Å². The Labute approximate surface area is 275 Å². The Bertz CT molecular complexity index is 1840. The number of fused-ring (bicyclic) bond motifs is 1. The van der Waals surface area contributed by atoms with Crippen LogP contribution < -0.4 is 28.3 Å². The van der Waals surface area contributed by atoms with E-state index in [9.17, 15) is 39.6 Å².